The maximum Gasteiger partial charge on any atom is 0.141 e. The number of aliphatic hydroxyl groups is 2. The molecule has 7 aromatic carbocycles. The summed E-state index contributed by atoms with van der Waals surface area (Å²) in [5.74, 6) is 0. The van der Waals surface area contributed by atoms with Gasteiger partial charge in [0.15, 0.2) is 0 Å². The van der Waals surface area contributed by atoms with Gasteiger partial charge in [-0.2, -0.15) is 0 Å². The number of hydrogen-bond donors (Lipinski definition) is 2. The molecule has 0 radical (unpaired) electrons. The van der Waals surface area contributed by atoms with Crippen molar-refractivity contribution in [1.29, 1.82) is 0 Å². The molecule has 2 N–H and O–H groups in total. The molecule has 58 heavy (non-hydrogen) atoms. The van der Waals surface area contributed by atoms with Crippen molar-refractivity contribution in [2.24, 2.45) is 0 Å². The van der Waals surface area contributed by atoms with Crippen LogP contribution < -0.4 is 0 Å². The van der Waals surface area contributed by atoms with Gasteiger partial charge in [-0.25, -0.2) is 0 Å². The van der Waals surface area contributed by atoms with Crippen LogP contribution in [0.3, 0.4) is 0 Å². The van der Waals surface area contributed by atoms with E-state index in [1.54, 1.807) is 0 Å². The molecule has 0 atom stereocenters. The maximum atomic E-state index is 13.4. The lowest BCUT2D eigenvalue weighted by atomic mass is 9.75. The van der Waals surface area contributed by atoms with Crippen LogP contribution in [0.5, 0.6) is 0 Å². The molecule has 0 bridgehead atoms. The van der Waals surface area contributed by atoms with Gasteiger partial charge >= 0.3 is 0 Å². The summed E-state index contributed by atoms with van der Waals surface area (Å²) in [4.78, 5) is 0. The van der Waals surface area contributed by atoms with Crippen LogP contribution >= 0.6 is 0 Å². The van der Waals surface area contributed by atoms with Gasteiger partial charge < -0.3 is 10.2 Å². The molecule has 0 heterocycles. The van der Waals surface area contributed by atoms with Crippen LogP contribution in [0.4, 0.5) is 0 Å². The minimum Gasteiger partial charge on any atom is -0.376 e. The van der Waals surface area contributed by atoms with Crippen molar-refractivity contribution in [3.63, 3.8) is 0 Å². The minimum atomic E-state index is -1.44. The van der Waals surface area contributed by atoms with Crippen molar-refractivity contribution >= 4 is 21.5 Å². The van der Waals surface area contributed by atoms with E-state index < -0.39 is 11.2 Å². The van der Waals surface area contributed by atoms with Crippen LogP contribution in [0, 0.1) is 0 Å². The first-order valence-corrected chi connectivity index (χ1v) is 20.9. The summed E-state index contributed by atoms with van der Waals surface area (Å²) in [5.41, 5.74) is 6.78. The molecular formula is C56H62O2. The van der Waals surface area contributed by atoms with Gasteiger partial charge in [-0.3, -0.25) is 0 Å². The van der Waals surface area contributed by atoms with E-state index in [1.165, 1.54) is 22.3 Å². The minimum absolute atomic E-state index is 0.0216. The van der Waals surface area contributed by atoms with Gasteiger partial charge in [0, 0.05) is 11.1 Å². The average molecular weight is 767 g/mol. The molecule has 0 amide bonds. The summed E-state index contributed by atoms with van der Waals surface area (Å²) in [7, 11) is 0. The van der Waals surface area contributed by atoms with Gasteiger partial charge in [0.1, 0.15) is 11.2 Å². The second-order valence-electron chi connectivity index (χ2n) is 20.6. The van der Waals surface area contributed by atoms with Crippen LogP contribution in [-0.2, 0) is 32.9 Å². The first-order chi connectivity index (χ1) is 27.0. The molecule has 0 saturated carbocycles. The van der Waals surface area contributed by atoms with Crippen LogP contribution in [0.2, 0.25) is 0 Å². The van der Waals surface area contributed by atoms with Gasteiger partial charge in [-0.15, -0.1) is 0 Å². The smallest absolute Gasteiger partial charge is 0.141 e. The fraction of sp³-hybridized carbons (Fsp3) is 0.321. The Hall–Kier alpha value is -5.02. The summed E-state index contributed by atoms with van der Waals surface area (Å²) in [6, 6.07) is 50.8. The van der Waals surface area contributed by atoms with Crippen molar-refractivity contribution in [3.8, 4) is 0 Å². The van der Waals surface area contributed by atoms with Crippen LogP contribution in [0.1, 0.15) is 139 Å². The number of hydrogen-bond acceptors (Lipinski definition) is 2. The second-order valence-corrected chi connectivity index (χ2v) is 20.6. The lowest BCUT2D eigenvalue weighted by molar-refractivity contribution is 0.127. The van der Waals surface area contributed by atoms with E-state index in [0.29, 0.717) is 0 Å². The Balaban J connectivity index is 1.47. The van der Waals surface area contributed by atoms with Crippen LogP contribution in [0.15, 0.2) is 146 Å². The molecule has 7 aromatic rings. The van der Waals surface area contributed by atoms with Gasteiger partial charge in [0.05, 0.1) is 0 Å². The Morgan fingerprint density at radius 3 is 0.690 bits per heavy atom. The van der Waals surface area contributed by atoms with Gasteiger partial charge in [0.2, 0.25) is 0 Å². The van der Waals surface area contributed by atoms with Crippen molar-refractivity contribution in [3.05, 3.63) is 201 Å². The normalized spacial score (nSPS) is 13.3. The summed E-state index contributed by atoms with van der Waals surface area (Å²) < 4.78 is 0. The SMILES string of the molecule is CC(C)(C)c1ccc(C(O)(c2ccc(C(C)(C)C)cc2)c2cccc3cc4c(C(O)(c5ccc(C(C)(C)C)cc5)c5ccc(C(C)(C)C)cc5)cccc4cc23)cc1. The Kier molecular flexibility index (Phi) is 10.2. The van der Waals surface area contributed by atoms with Crippen molar-refractivity contribution in [2.75, 3.05) is 0 Å². The van der Waals surface area contributed by atoms with Gasteiger partial charge in [-0.1, -0.05) is 217 Å². The number of rotatable bonds is 6. The zero-order valence-electron chi connectivity index (χ0n) is 36.8. The van der Waals surface area contributed by atoms with Crippen molar-refractivity contribution in [1.82, 2.24) is 0 Å². The summed E-state index contributed by atoms with van der Waals surface area (Å²) in [6.45, 7) is 26.6. The lowest BCUT2D eigenvalue weighted by Crippen LogP contribution is -2.30. The maximum absolute atomic E-state index is 13.4. The highest BCUT2D eigenvalue weighted by molar-refractivity contribution is 6.02. The Morgan fingerprint density at radius 2 is 0.483 bits per heavy atom. The average Bonchev–Trinajstić information content (AvgIpc) is 3.18. The predicted molar refractivity (Wildman–Crippen MR) is 246 cm³/mol. The van der Waals surface area contributed by atoms with Crippen LogP contribution in [-0.4, -0.2) is 10.2 Å². The molecule has 0 aliphatic carbocycles. The molecule has 2 heteroatoms. The third-order valence-electron chi connectivity index (χ3n) is 12.3. The quantitative estimate of drug-likeness (QED) is 0.131. The molecule has 7 rings (SSSR count). The predicted octanol–water partition coefficient (Wildman–Crippen LogP) is 13.8. The Morgan fingerprint density at radius 1 is 0.276 bits per heavy atom. The molecule has 2 nitrogen and oxygen atoms in total. The molecule has 0 spiro atoms. The third kappa shape index (κ3) is 7.42. The summed E-state index contributed by atoms with van der Waals surface area (Å²) in [5, 5.41) is 30.7. The molecule has 0 aromatic heterocycles. The largest absolute Gasteiger partial charge is 0.376 e. The lowest BCUT2D eigenvalue weighted by Gasteiger charge is -2.34. The van der Waals surface area contributed by atoms with E-state index in [-0.39, 0.29) is 21.7 Å². The molecule has 0 fully saturated rings. The topological polar surface area (TPSA) is 40.5 Å². The first kappa shape index (κ1) is 41.2. The molecule has 0 aliphatic rings. The van der Waals surface area contributed by atoms with Crippen LogP contribution in [0.25, 0.3) is 21.5 Å². The standard InChI is InChI=1S/C56H62O2/c1-51(2,3)39-19-27-43(28-20-39)55(57,44-29-21-40(22-30-44)52(4,5)6)49-17-13-15-37-36-48-38(35-47(37)49)16-14-18-50(48)56(58,45-31-23-41(24-32-45)53(7,8)9)46-33-25-42(26-34-46)54(10,11)12/h13-36,57-58H,1-12H3. The monoisotopic (exact) mass is 766 g/mol. The van der Waals surface area contributed by atoms with E-state index in [9.17, 15) is 10.2 Å². The highest BCUT2D eigenvalue weighted by atomic mass is 16.3. The second kappa shape index (κ2) is 14.4. The van der Waals surface area contributed by atoms with E-state index in [2.05, 4.69) is 217 Å². The third-order valence-corrected chi connectivity index (χ3v) is 12.3. The highest BCUT2D eigenvalue weighted by Crippen LogP contribution is 2.45. The first-order valence-electron chi connectivity index (χ1n) is 20.9. The molecule has 298 valence electrons. The molecule has 0 saturated heterocycles. The summed E-state index contributed by atoms with van der Waals surface area (Å²) in [6.07, 6.45) is 0. The van der Waals surface area contributed by atoms with Crippen molar-refractivity contribution < 1.29 is 10.2 Å². The molecule has 0 aliphatic heterocycles. The van der Waals surface area contributed by atoms with Gasteiger partial charge in [-0.05, 0) is 99.8 Å². The number of fused-ring (bicyclic) bond motifs is 2. The zero-order valence-corrected chi connectivity index (χ0v) is 36.8. The van der Waals surface area contributed by atoms with E-state index in [1.807, 2.05) is 12.1 Å². The fourth-order valence-electron chi connectivity index (χ4n) is 8.48. The Bertz CT molecular complexity index is 2260. The highest BCUT2D eigenvalue weighted by Gasteiger charge is 2.38. The van der Waals surface area contributed by atoms with E-state index in [4.69, 9.17) is 0 Å². The summed E-state index contributed by atoms with van der Waals surface area (Å²) >= 11 is 0. The number of benzene rings is 7. The molecule has 0 unspecified atom stereocenters. The Labute approximate surface area is 347 Å². The fourth-order valence-corrected chi connectivity index (χ4v) is 8.48. The van der Waals surface area contributed by atoms with Crippen molar-refractivity contribution in [2.45, 2.75) is 116 Å². The zero-order chi connectivity index (χ0) is 42.1. The van der Waals surface area contributed by atoms with E-state index in [0.717, 1.165) is 54.9 Å². The van der Waals surface area contributed by atoms with Gasteiger partial charge in [0.25, 0.3) is 0 Å². The van der Waals surface area contributed by atoms with E-state index >= 15 is 0 Å². The molecular weight excluding hydrogens is 705 g/mol.